The van der Waals surface area contributed by atoms with Gasteiger partial charge in [0.1, 0.15) is 0 Å². The molecule has 92 valence electrons. The highest BCUT2D eigenvalue weighted by Crippen LogP contribution is 2.32. The van der Waals surface area contributed by atoms with E-state index in [2.05, 4.69) is 10.1 Å². The molecular weight excluding hydrogens is 263 g/mol. The van der Waals surface area contributed by atoms with Crippen LogP contribution in [0.5, 0.6) is 0 Å². The Morgan fingerprint density at radius 3 is 2.72 bits per heavy atom. The second-order valence-corrected chi connectivity index (χ2v) is 4.55. The van der Waals surface area contributed by atoms with Gasteiger partial charge in [0.05, 0.1) is 16.8 Å². The van der Waals surface area contributed by atoms with Crippen molar-refractivity contribution in [2.24, 2.45) is 0 Å². The summed E-state index contributed by atoms with van der Waals surface area (Å²) in [6, 6.07) is 5.98. The van der Waals surface area contributed by atoms with Crippen molar-refractivity contribution in [3.05, 3.63) is 41.5 Å². The first-order valence-electron chi connectivity index (χ1n) is 5.01. The number of rotatable bonds is 1. The zero-order chi connectivity index (χ0) is 12.8. The third-order valence-electron chi connectivity index (χ3n) is 2.42. The summed E-state index contributed by atoms with van der Waals surface area (Å²) >= 11 is 1.35. The standard InChI is InChI=1S/C11H6F3N3S/c12-11(13,14)9-6-7(8-2-1-5-18-8)16-10-3-4-15-17(9)10/h1-6H. The van der Waals surface area contributed by atoms with Crippen molar-refractivity contribution in [1.82, 2.24) is 14.6 Å². The second-order valence-electron chi connectivity index (χ2n) is 3.60. The first kappa shape index (κ1) is 11.2. The van der Waals surface area contributed by atoms with Crippen molar-refractivity contribution in [2.75, 3.05) is 0 Å². The third kappa shape index (κ3) is 1.76. The Morgan fingerprint density at radius 2 is 2.06 bits per heavy atom. The van der Waals surface area contributed by atoms with Gasteiger partial charge in [0.2, 0.25) is 0 Å². The molecule has 0 aliphatic rings. The van der Waals surface area contributed by atoms with Gasteiger partial charge in [-0.25, -0.2) is 9.50 Å². The van der Waals surface area contributed by atoms with E-state index in [0.29, 0.717) is 10.6 Å². The number of hydrogen-bond donors (Lipinski definition) is 0. The molecule has 0 fully saturated rings. The maximum absolute atomic E-state index is 12.9. The predicted octanol–water partition coefficient (Wildman–Crippen LogP) is 3.48. The Morgan fingerprint density at radius 1 is 1.22 bits per heavy atom. The van der Waals surface area contributed by atoms with Crippen LogP contribution in [0.25, 0.3) is 16.2 Å². The lowest BCUT2D eigenvalue weighted by Crippen LogP contribution is -2.13. The largest absolute Gasteiger partial charge is 0.433 e. The van der Waals surface area contributed by atoms with Crippen molar-refractivity contribution >= 4 is 17.0 Å². The molecule has 3 rings (SSSR count). The first-order valence-corrected chi connectivity index (χ1v) is 5.89. The molecule has 3 aromatic heterocycles. The summed E-state index contributed by atoms with van der Waals surface area (Å²) in [6.45, 7) is 0. The van der Waals surface area contributed by atoms with Crippen LogP contribution in [-0.2, 0) is 6.18 Å². The quantitative estimate of drug-likeness (QED) is 0.677. The van der Waals surface area contributed by atoms with Crippen molar-refractivity contribution in [1.29, 1.82) is 0 Å². The van der Waals surface area contributed by atoms with Gasteiger partial charge in [0, 0.05) is 6.07 Å². The van der Waals surface area contributed by atoms with Gasteiger partial charge in [0.15, 0.2) is 11.3 Å². The molecule has 0 atom stereocenters. The van der Waals surface area contributed by atoms with Crippen LogP contribution in [0.1, 0.15) is 5.69 Å². The fourth-order valence-electron chi connectivity index (χ4n) is 1.67. The maximum atomic E-state index is 12.9. The minimum atomic E-state index is -4.46. The SMILES string of the molecule is FC(F)(F)c1cc(-c2cccs2)nc2ccnn12. The monoisotopic (exact) mass is 269 g/mol. The third-order valence-corrected chi connectivity index (χ3v) is 3.32. The zero-order valence-electron chi connectivity index (χ0n) is 8.85. The van der Waals surface area contributed by atoms with Crippen LogP contribution in [0.2, 0.25) is 0 Å². The molecule has 3 nitrogen and oxygen atoms in total. The van der Waals surface area contributed by atoms with Crippen LogP contribution in [0, 0.1) is 0 Å². The molecule has 0 bridgehead atoms. The maximum Gasteiger partial charge on any atom is 0.433 e. The Hall–Kier alpha value is -1.89. The molecule has 0 saturated carbocycles. The van der Waals surface area contributed by atoms with Gasteiger partial charge in [0.25, 0.3) is 0 Å². The lowest BCUT2D eigenvalue weighted by Gasteiger charge is -2.10. The minimum Gasteiger partial charge on any atom is -0.228 e. The van der Waals surface area contributed by atoms with Crippen LogP contribution in [0.3, 0.4) is 0 Å². The lowest BCUT2D eigenvalue weighted by atomic mass is 10.2. The van der Waals surface area contributed by atoms with Gasteiger partial charge < -0.3 is 0 Å². The number of hydrogen-bond acceptors (Lipinski definition) is 3. The van der Waals surface area contributed by atoms with Gasteiger partial charge in [-0.3, -0.25) is 0 Å². The molecule has 0 aromatic carbocycles. The van der Waals surface area contributed by atoms with E-state index in [9.17, 15) is 13.2 Å². The molecule has 0 amide bonds. The van der Waals surface area contributed by atoms with Crippen LogP contribution < -0.4 is 0 Å². The Kier molecular flexibility index (Phi) is 2.37. The normalized spacial score (nSPS) is 12.2. The number of halogens is 3. The van der Waals surface area contributed by atoms with Gasteiger partial charge in [-0.2, -0.15) is 18.3 Å². The number of aromatic nitrogens is 3. The average molecular weight is 269 g/mol. The molecule has 0 radical (unpaired) electrons. The molecule has 0 saturated heterocycles. The van der Waals surface area contributed by atoms with E-state index < -0.39 is 11.9 Å². The molecule has 0 aliphatic carbocycles. The van der Waals surface area contributed by atoms with Crippen molar-refractivity contribution in [3.8, 4) is 10.6 Å². The summed E-state index contributed by atoms with van der Waals surface area (Å²) in [5, 5.41) is 5.44. The lowest BCUT2D eigenvalue weighted by molar-refractivity contribution is -0.142. The summed E-state index contributed by atoms with van der Waals surface area (Å²) in [4.78, 5) is 4.86. The molecule has 18 heavy (non-hydrogen) atoms. The van der Waals surface area contributed by atoms with Gasteiger partial charge >= 0.3 is 6.18 Å². The Labute approximate surface area is 104 Å². The molecule has 0 aliphatic heterocycles. The van der Waals surface area contributed by atoms with Crippen LogP contribution in [0.4, 0.5) is 13.2 Å². The fraction of sp³-hybridized carbons (Fsp3) is 0.0909. The molecule has 3 heterocycles. The molecule has 0 spiro atoms. The Balaban J connectivity index is 2.30. The van der Waals surface area contributed by atoms with E-state index in [0.717, 1.165) is 10.6 Å². The summed E-state index contributed by atoms with van der Waals surface area (Å²) < 4.78 is 39.6. The molecule has 0 N–H and O–H groups in total. The number of fused-ring (bicyclic) bond motifs is 1. The van der Waals surface area contributed by atoms with Crippen LogP contribution in [-0.4, -0.2) is 14.6 Å². The predicted molar refractivity (Wildman–Crippen MR) is 61.3 cm³/mol. The van der Waals surface area contributed by atoms with E-state index in [1.807, 2.05) is 0 Å². The van der Waals surface area contributed by atoms with E-state index in [4.69, 9.17) is 0 Å². The molecule has 0 unspecified atom stereocenters. The van der Waals surface area contributed by atoms with E-state index >= 15 is 0 Å². The average Bonchev–Trinajstić information content (AvgIpc) is 2.97. The summed E-state index contributed by atoms with van der Waals surface area (Å²) in [6.07, 6.45) is -3.16. The number of alkyl halides is 3. The van der Waals surface area contributed by atoms with Crippen LogP contribution in [0.15, 0.2) is 35.8 Å². The number of nitrogens with zero attached hydrogens (tertiary/aromatic N) is 3. The number of thiophene rings is 1. The fourth-order valence-corrected chi connectivity index (χ4v) is 2.35. The van der Waals surface area contributed by atoms with E-state index in [1.54, 1.807) is 17.5 Å². The van der Waals surface area contributed by atoms with Crippen molar-refractivity contribution < 1.29 is 13.2 Å². The summed E-state index contributed by atoms with van der Waals surface area (Å²) in [5.41, 5.74) is -0.320. The minimum absolute atomic E-state index is 0.188. The summed E-state index contributed by atoms with van der Waals surface area (Å²) in [7, 11) is 0. The molecule has 7 heteroatoms. The second kappa shape index (κ2) is 3.81. The van der Waals surface area contributed by atoms with Crippen molar-refractivity contribution in [3.63, 3.8) is 0 Å². The first-order chi connectivity index (χ1) is 8.55. The van der Waals surface area contributed by atoms with Crippen LogP contribution >= 0.6 is 11.3 Å². The van der Waals surface area contributed by atoms with Gasteiger partial charge in [-0.15, -0.1) is 11.3 Å². The highest BCUT2D eigenvalue weighted by atomic mass is 32.1. The van der Waals surface area contributed by atoms with Gasteiger partial charge in [-0.1, -0.05) is 6.07 Å². The van der Waals surface area contributed by atoms with E-state index in [1.165, 1.54) is 23.6 Å². The topological polar surface area (TPSA) is 30.2 Å². The highest BCUT2D eigenvalue weighted by Gasteiger charge is 2.35. The molecule has 3 aromatic rings. The summed E-state index contributed by atoms with van der Waals surface area (Å²) in [5.74, 6) is 0. The highest BCUT2D eigenvalue weighted by molar-refractivity contribution is 7.13. The van der Waals surface area contributed by atoms with Gasteiger partial charge in [-0.05, 0) is 17.5 Å². The van der Waals surface area contributed by atoms with E-state index in [-0.39, 0.29) is 5.65 Å². The van der Waals surface area contributed by atoms with Crippen molar-refractivity contribution in [2.45, 2.75) is 6.18 Å². The smallest absolute Gasteiger partial charge is 0.228 e. The molecular formula is C11H6F3N3S. The Bertz CT molecular complexity index is 685. The zero-order valence-corrected chi connectivity index (χ0v) is 9.66.